The number of ketones is 1. The maximum absolute atomic E-state index is 11.6. The third kappa shape index (κ3) is 2.45. The van der Waals surface area contributed by atoms with Gasteiger partial charge in [-0.2, -0.15) is 0 Å². The van der Waals surface area contributed by atoms with Crippen molar-refractivity contribution in [1.29, 1.82) is 0 Å². The van der Waals surface area contributed by atoms with Gasteiger partial charge in [-0.25, -0.2) is 4.98 Å². The number of Topliss-reactive ketones (excluding diaryl/α,β-unsaturated/α-hetero) is 1. The van der Waals surface area contributed by atoms with E-state index in [2.05, 4.69) is 10.3 Å². The third-order valence-electron chi connectivity index (χ3n) is 3.03. The van der Waals surface area contributed by atoms with E-state index in [1.54, 1.807) is 6.20 Å². The zero-order valence-corrected chi connectivity index (χ0v) is 9.07. The standard InChI is InChI=1S/C11H17N3O/c1-14-7-6-13-11(14)3-2-9-8-12-5-4-10(9)15/h6-7,9,12H,2-5,8H2,1H3. The van der Waals surface area contributed by atoms with Gasteiger partial charge in [0.2, 0.25) is 0 Å². The maximum Gasteiger partial charge on any atom is 0.138 e. The lowest BCUT2D eigenvalue weighted by atomic mass is 9.93. The van der Waals surface area contributed by atoms with Crippen LogP contribution in [0.3, 0.4) is 0 Å². The molecule has 2 rings (SSSR count). The lowest BCUT2D eigenvalue weighted by Gasteiger charge is -2.21. The van der Waals surface area contributed by atoms with Gasteiger partial charge in [0.05, 0.1) is 0 Å². The van der Waals surface area contributed by atoms with Gasteiger partial charge in [0.25, 0.3) is 0 Å². The molecule has 82 valence electrons. The highest BCUT2D eigenvalue weighted by molar-refractivity contribution is 5.82. The summed E-state index contributed by atoms with van der Waals surface area (Å²) in [5.41, 5.74) is 0. The molecule has 0 bridgehead atoms. The minimum absolute atomic E-state index is 0.190. The molecule has 1 fully saturated rings. The van der Waals surface area contributed by atoms with Gasteiger partial charge in [-0.1, -0.05) is 0 Å². The fourth-order valence-corrected chi connectivity index (χ4v) is 2.01. The number of imidazole rings is 1. The van der Waals surface area contributed by atoms with Crippen molar-refractivity contribution in [3.8, 4) is 0 Å². The van der Waals surface area contributed by atoms with Crippen molar-refractivity contribution >= 4 is 5.78 Å². The molecule has 0 aromatic carbocycles. The van der Waals surface area contributed by atoms with Gasteiger partial charge in [0.1, 0.15) is 11.6 Å². The normalized spacial score (nSPS) is 21.9. The number of hydrogen-bond donors (Lipinski definition) is 1. The first-order valence-electron chi connectivity index (χ1n) is 5.47. The molecule has 4 heteroatoms. The minimum atomic E-state index is 0.190. The number of carbonyl (C=O) groups excluding carboxylic acids is 1. The number of aryl methyl sites for hydroxylation is 2. The smallest absolute Gasteiger partial charge is 0.138 e. The maximum atomic E-state index is 11.6. The molecular weight excluding hydrogens is 190 g/mol. The van der Waals surface area contributed by atoms with Crippen LogP contribution in [0.15, 0.2) is 12.4 Å². The molecule has 0 amide bonds. The molecule has 0 aliphatic carbocycles. The lowest BCUT2D eigenvalue weighted by Crippen LogP contribution is -2.37. The van der Waals surface area contributed by atoms with Gasteiger partial charge in [-0.15, -0.1) is 0 Å². The predicted molar refractivity (Wildman–Crippen MR) is 57.5 cm³/mol. The fraction of sp³-hybridized carbons (Fsp3) is 0.636. The van der Waals surface area contributed by atoms with E-state index in [1.165, 1.54) is 0 Å². The molecule has 1 saturated heterocycles. The summed E-state index contributed by atoms with van der Waals surface area (Å²) >= 11 is 0. The van der Waals surface area contributed by atoms with Crippen LogP contribution in [-0.2, 0) is 18.3 Å². The Labute approximate surface area is 89.7 Å². The van der Waals surface area contributed by atoms with E-state index in [4.69, 9.17) is 0 Å². The Morgan fingerprint density at radius 2 is 2.53 bits per heavy atom. The molecule has 1 atom stereocenters. The van der Waals surface area contributed by atoms with E-state index in [-0.39, 0.29) is 5.92 Å². The minimum Gasteiger partial charge on any atom is -0.338 e. The van der Waals surface area contributed by atoms with E-state index in [1.807, 2.05) is 17.8 Å². The van der Waals surface area contributed by atoms with E-state index in [0.29, 0.717) is 12.2 Å². The van der Waals surface area contributed by atoms with Crippen molar-refractivity contribution in [2.75, 3.05) is 13.1 Å². The molecular formula is C11H17N3O. The molecule has 0 radical (unpaired) electrons. The first-order chi connectivity index (χ1) is 7.27. The van der Waals surface area contributed by atoms with Gasteiger partial charge in [0, 0.05) is 51.3 Å². The molecule has 2 heterocycles. The highest BCUT2D eigenvalue weighted by Crippen LogP contribution is 2.13. The highest BCUT2D eigenvalue weighted by Gasteiger charge is 2.21. The Kier molecular flexibility index (Phi) is 3.16. The van der Waals surface area contributed by atoms with Crippen molar-refractivity contribution in [1.82, 2.24) is 14.9 Å². The first-order valence-corrected chi connectivity index (χ1v) is 5.47. The summed E-state index contributed by atoms with van der Waals surface area (Å²) in [4.78, 5) is 15.8. The zero-order chi connectivity index (χ0) is 10.7. The molecule has 0 saturated carbocycles. The van der Waals surface area contributed by atoms with Gasteiger partial charge in [0.15, 0.2) is 0 Å². The number of nitrogens with zero attached hydrogens (tertiary/aromatic N) is 2. The van der Waals surface area contributed by atoms with Crippen LogP contribution < -0.4 is 5.32 Å². The second-order valence-corrected chi connectivity index (χ2v) is 4.11. The van der Waals surface area contributed by atoms with Gasteiger partial charge < -0.3 is 9.88 Å². The summed E-state index contributed by atoms with van der Waals surface area (Å²) in [6.45, 7) is 1.68. The van der Waals surface area contributed by atoms with Crippen LogP contribution in [0.25, 0.3) is 0 Å². The van der Waals surface area contributed by atoms with Crippen molar-refractivity contribution in [2.24, 2.45) is 13.0 Å². The molecule has 4 nitrogen and oxygen atoms in total. The molecule has 1 aliphatic heterocycles. The van der Waals surface area contributed by atoms with E-state index < -0.39 is 0 Å². The monoisotopic (exact) mass is 207 g/mol. The summed E-state index contributed by atoms with van der Waals surface area (Å²) in [5.74, 6) is 1.66. The first kappa shape index (κ1) is 10.4. The average molecular weight is 207 g/mol. The fourth-order valence-electron chi connectivity index (χ4n) is 2.01. The second kappa shape index (κ2) is 4.57. The molecule has 1 aromatic heterocycles. The van der Waals surface area contributed by atoms with Crippen LogP contribution in [0.4, 0.5) is 0 Å². The third-order valence-corrected chi connectivity index (χ3v) is 3.03. The summed E-state index contributed by atoms with van der Waals surface area (Å²) < 4.78 is 2.01. The Hall–Kier alpha value is -1.16. The van der Waals surface area contributed by atoms with Crippen LogP contribution in [0.1, 0.15) is 18.7 Å². The molecule has 1 unspecified atom stereocenters. The van der Waals surface area contributed by atoms with Crippen molar-refractivity contribution < 1.29 is 4.79 Å². The predicted octanol–water partition coefficient (Wildman–Crippen LogP) is 0.531. The number of rotatable bonds is 3. The summed E-state index contributed by atoms with van der Waals surface area (Å²) in [6.07, 6.45) is 6.23. The molecule has 1 N–H and O–H groups in total. The van der Waals surface area contributed by atoms with Crippen molar-refractivity contribution in [3.63, 3.8) is 0 Å². The molecule has 1 aliphatic rings. The zero-order valence-electron chi connectivity index (χ0n) is 9.07. The lowest BCUT2D eigenvalue weighted by molar-refractivity contribution is -0.124. The van der Waals surface area contributed by atoms with Crippen LogP contribution in [0, 0.1) is 5.92 Å². The Morgan fingerprint density at radius 1 is 1.67 bits per heavy atom. The number of nitrogens with one attached hydrogen (secondary N) is 1. The largest absolute Gasteiger partial charge is 0.338 e. The Morgan fingerprint density at radius 3 is 3.20 bits per heavy atom. The Balaban J connectivity index is 1.87. The topological polar surface area (TPSA) is 46.9 Å². The summed E-state index contributed by atoms with van der Waals surface area (Å²) in [6, 6.07) is 0. The van der Waals surface area contributed by atoms with Crippen molar-refractivity contribution in [3.05, 3.63) is 18.2 Å². The number of carbonyl (C=O) groups is 1. The molecule has 15 heavy (non-hydrogen) atoms. The van der Waals surface area contributed by atoms with Gasteiger partial charge >= 0.3 is 0 Å². The summed E-state index contributed by atoms with van der Waals surface area (Å²) in [7, 11) is 1.99. The SMILES string of the molecule is Cn1ccnc1CCC1CNCCC1=O. The number of hydrogen-bond acceptors (Lipinski definition) is 3. The van der Waals surface area contributed by atoms with E-state index in [0.717, 1.165) is 31.8 Å². The van der Waals surface area contributed by atoms with E-state index in [9.17, 15) is 4.79 Å². The molecule has 1 aromatic rings. The van der Waals surface area contributed by atoms with Crippen LogP contribution in [0.5, 0.6) is 0 Å². The second-order valence-electron chi connectivity index (χ2n) is 4.11. The van der Waals surface area contributed by atoms with Gasteiger partial charge in [-0.05, 0) is 6.42 Å². The highest BCUT2D eigenvalue weighted by atomic mass is 16.1. The molecule has 0 spiro atoms. The average Bonchev–Trinajstić information content (AvgIpc) is 2.63. The Bertz CT molecular complexity index is 345. The number of piperidine rings is 1. The van der Waals surface area contributed by atoms with E-state index >= 15 is 0 Å². The van der Waals surface area contributed by atoms with Crippen molar-refractivity contribution in [2.45, 2.75) is 19.3 Å². The quantitative estimate of drug-likeness (QED) is 0.786. The summed E-state index contributed by atoms with van der Waals surface area (Å²) in [5, 5.41) is 3.26. The van der Waals surface area contributed by atoms with Crippen LogP contribution in [0.2, 0.25) is 0 Å². The number of aromatic nitrogens is 2. The van der Waals surface area contributed by atoms with Crippen LogP contribution >= 0.6 is 0 Å². The van der Waals surface area contributed by atoms with Crippen LogP contribution in [-0.4, -0.2) is 28.4 Å². The van der Waals surface area contributed by atoms with Gasteiger partial charge in [-0.3, -0.25) is 4.79 Å².